The van der Waals surface area contributed by atoms with Gasteiger partial charge in [-0.2, -0.15) is 5.10 Å². The molecule has 0 bridgehead atoms. The fourth-order valence-corrected chi connectivity index (χ4v) is 8.79. The van der Waals surface area contributed by atoms with Gasteiger partial charge in [-0.1, -0.05) is 53.9 Å². The monoisotopic (exact) mass is 442 g/mol. The summed E-state index contributed by atoms with van der Waals surface area (Å²) in [5.41, 5.74) is 9.91. The molecule has 4 heteroatoms. The average Bonchev–Trinajstić information content (AvgIpc) is 3.34. The first-order valence-electron chi connectivity index (χ1n) is 13.6. The highest BCUT2D eigenvalue weighted by Crippen LogP contribution is 2.62. The molecule has 1 aromatic rings. The predicted octanol–water partition coefficient (Wildman–Crippen LogP) is 5.58. The minimum absolute atomic E-state index is 0.252. The molecular weight excluding hydrogens is 392 g/mol. The van der Waals surface area contributed by atoms with Crippen LogP contribution in [0.2, 0.25) is 0 Å². The number of nitrogens with zero attached hydrogens (tertiary/aromatic N) is 1. The Bertz CT molecular complexity index is 756. The number of H-pyrrole nitrogens is 1. The zero-order valence-electron chi connectivity index (χ0n) is 21.7. The standard InChI is InChI=1S/C28H50N4/c1-18(2)8-7-9-19(3)22-10-11-23-26(30-6)24(12-13-27(22,23)4)28(5)15-20-17-31-32-25(20)14-21(28)16-29/h17-19,21-24,26,30H,7-16,29H2,1-6H3,(H,31,32)/t19-,21-,22-,23-,24-,26+,27-,28-/m1/s1. The minimum Gasteiger partial charge on any atom is -0.330 e. The van der Waals surface area contributed by atoms with Crippen molar-refractivity contribution in [3.63, 3.8) is 0 Å². The Hall–Kier alpha value is -0.870. The van der Waals surface area contributed by atoms with E-state index in [2.05, 4.69) is 63.4 Å². The van der Waals surface area contributed by atoms with Crippen molar-refractivity contribution in [1.29, 1.82) is 0 Å². The van der Waals surface area contributed by atoms with Gasteiger partial charge in [-0.25, -0.2) is 0 Å². The molecule has 4 N–H and O–H groups in total. The summed E-state index contributed by atoms with van der Waals surface area (Å²) < 4.78 is 0. The Kier molecular flexibility index (Phi) is 7.13. The Labute approximate surface area is 197 Å². The van der Waals surface area contributed by atoms with Crippen LogP contribution in [0.5, 0.6) is 0 Å². The normalized spacial score (nSPS) is 40.3. The molecule has 2 fully saturated rings. The first-order valence-corrected chi connectivity index (χ1v) is 13.6. The molecule has 2 saturated carbocycles. The summed E-state index contributed by atoms with van der Waals surface area (Å²) in [6, 6.07) is 0.606. The highest BCUT2D eigenvalue weighted by Gasteiger charge is 2.58. The van der Waals surface area contributed by atoms with E-state index in [-0.39, 0.29) is 5.41 Å². The van der Waals surface area contributed by atoms with Crippen molar-refractivity contribution in [2.75, 3.05) is 13.6 Å². The van der Waals surface area contributed by atoms with Crippen molar-refractivity contribution in [2.45, 2.75) is 98.4 Å². The molecule has 0 aliphatic heterocycles. The number of rotatable bonds is 8. The number of hydrogen-bond acceptors (Lipinski definition) is 3. The lowest BCUT2D eigenvalue weighted by molar-refractivity contribution is -0.0473. The highest BCUT2D eigenvalue weighted by molar-refractivity contribution is 5.25. The summed E-state index contributed by atoms with van der Waals surface area (Å²) >= 11 is 0. The average molecular weight is 443 g/mol. The van der Waals surface area contributed by atoms with Crippen LogP contribution in [-0.2, 0) is 12.8 Å². The van der Waals surface area contributed by atoms with Crippen molar-refractivity contribution in [3.05, 3.63) is 17.5 Å². The lowest BCUT2D eigenvalue weighted by Crippen LogP contribution is -2.58. The van der Waals surface area contributed by atoms with Crippen molar-refractivity contribution < 1.29 is 0 Å². The zero-order chi connectivity index (χ0) is 23.1. The van der Waals surface area contributed by atoms with Gasteiger partial charge in [0.2, 0.25) is 0 Å². The first kappa shape index (κ1) is 24.3. The van der Waals surface area contributed by atoms with Crippen LogP contribution in [0.4, 0.5) is 0 Å². The van der Waals surface area contributed by atoms with Crippen LogP contribution in [0.15, 0.2) is 6.20 Å². The molecule has 0 saturated heterocycles. The highest BCUT2D eigenvalue weighted by atomic mass is 15.1. The lowest BCUT2D eigenvalue weighted by Gasteiger charge is -2.57. The molecule has 0 aromatic carbocycles. The smallest absolute Gasteiger partial charge is 0.0522 e. The van der Waals surface area contributed by atoms with Crippen LogP contribution in [-0.4, -0.2) is 29.8 Å². The summed E-state index contributed by atoms with van der Waals surface area (Å²) in [5.74, 6) is 4.60. The maximum atomic E-state index is 6.41. The summed E-state index contributed by atoms with van der Waals surface area (Å²) in [6.45, 7) is 13.3. The second kappa shape index (κ2) is 9.41. The van der Waals surface area contributed by atoms with Crippen molar-refractivity contribution in [1.82, 2.24) is 15.5 Å². The fourth-order valence-electron chi connectivity index (χ4n) is 8.79. The third-order valence-corrected chi connectivity index (χ3v) is 10.7. The third kappa shape index (κ3) is 4.08. The molecular formula is C28H50N4. The molecule has 0 spiro atoms. The molecule has 4 nitrogen and oxygen atoms in total. The van der Waals surface area contributed by atoms with Gasteiger partial charge < -0.3 is 11.1 Å². The van der Waals surface area contributed by atoms with Gasteiger partial charge in [0.15, 0.2) is 0 Å². The van der Waals surface area contributed by atoms with Gasteiger partial charge in [0, 0.05) is 11.7 Å². The number of fused-ring (bicyclic) bond motifs is 2. The van der Waals surface area contributed by atoms with Crippen LogP contribution < -0.4 is 11.1 Å². The molecule has 0 unspecified atom stereocenters. The molecule has 8 atom stereocenters. The van der Waals surface area contributed by atoms with E-state index in [1.165, 1.54) is 56.2 Å². The Morgan fingerprint density at radius 3 is 2.56 bits per heavy atom. The fraction of sp³-hybridized carbons (Fsp3) is 0.893. The third-order valence-electron chi connectivity index (χ3n) is 10.7. The van der Waals surface area contributed by atoms with Gasteiger partial charge in [0.1, 0.15) is 0 Å². The Morgan fingerprint density at radius 2 is 1.88 bits per heavy atom. The lowest BCUT2D eigenvalue weighted by atomic mass is 9.50. The van der Waals surface area contributed by atoms with Crippen LogP contribution in [0.25, 0.3) is 0 Å². The SMILES string of the molecule is CN[C@H]1[C@H]2CC[C@H]([C@H](C)CCCC(C)C)[C@@]2(C)CC[C@H]1[C@]1(C)Cc2cn[nH]c2C[C@@H]1CN. The number of hydrogen-bond donors (Lipinski definition) is 3. The minimum atomic E-state index is 0.252. The summed E-state index contributed by atoms with van der Waals surface area (Å²) in [7, 11) is 2.23. The number of nitrogens with two attached hydrogens (primary N) is 1. The molecule has 32 heavy (non-hydrogen) atoms. The van der Waals surface area contributed by atoms with Crippen LogP contribution >= 0.6 is 0 Å². The zero-order valence-corrected chi connectivity index (χ0v) is 21.7. The number of aromatic amines is 1. The molecule has 3 aliphatic carbocycles. The molecule has 1 heterocycles. The van der Waals surface area contributed by atoms with Gasteiger partial charge in [-0.05, 0) is 104 Å². The van der Waals surface area contributed by atoms with E-state index in [4.69, 9.17) is 5.73 Å². The largest absolute Gasteiger partial charge is 0.330 e. The van der Waals surface area contributed by atoms with E-state index in [1.54, 1.807) is 0 Å². The maximum Gasteiger partial charge on any atom is 0.0522 e. The Morgan fingerprint density at radius 1 is 1.12 bits per heavy atom. The van der Waals surface area contributed by atoms with Gasteiger partial charge in [0.25, 0.3) is 0 Å². The second-order valence-corrected chi connectivity index (χ2v) is 12.8. The van der Waals surface area contributed by atoms with E-state index in [9.17, 15) is 0 Å². The maximum absolute atomic E-state index is 6.41. The van der Waals surface area contributed by atoms with Gasteiger partial charge in [-0.3, -0.25) is 5.10 Å². The topological polar surface area (TPSA) is 66.7 Å². The van der Waals surface area contributed by atoms with Gasteiger partial charge in [-0.15, -0.1) is 0 Å². The number of nitrogens with one attached hydrogen (secondary N) is 2. The van der Waals surface area contributed by atoms with E-state index in [0.717, 1.165) is 43.1 Å². The van der Waals surface area contributed by atoms with Crippen LogP contribution in [0.1, 0.15) is 90.8 Å². The molecule has 3 aliphatic rings. The summed E-state index contributed by atoms with van der Waals surface area (Å²) in [6.07, 6.45) is 14.0. The quantitative estimate of drug-likeness (QED) is 0.492. The molecule has 0 radical (unpaired) electrons. The van der Waals surface area contributed by atoms with E-state index >= 15 is 0 Å². The van der Waals surface area contributed by atoms with Crippen molar-refractivity contribution >= 4 is 0 Å². The van der Waals surface area contributed by atoms with E-state index < -0.39 is 0 Å². The summed E-state index contributed by atoms with van der Waals surface area (Å²) in [5, 5.41) is 11.5. The Balaban J connectivity index is 1.53. The number of aromatic nitrogens is 2. The van der Waals surface area contributed by atoms with Crippen molar-refractivity contribution in [2.24, 2.45) is 52.1 Å². The van der Waals surface area contributed by atoms with Gasteiger partial charge >= 0.3 is 0 Å². The molecule has 0 amide bonds. The molecule has 182 valence electrons. The van der Waals surface area contributed by atoms with E-state index in [1.807, 2.05) is 0 Å². The van der Waals surface area contributed by atoms with Gasteiger partial charge in [0.05, 0.1) is 6.20 Å². The second-order valence-electron chi connectivity index (χ2n) is 12.8. The first-order chi connectivity index (χ1) is 15.2. The van der Waals surface area contributed by atoms with Crippen LogP contribution in [0.3, 0.4) is 0 Å². The van der Waals surface area contributed by atoms with E-state index in [0.29, 0.717) is 23.3 Å². The predicted molar refractivity (Wildman–Crippen MR) is 134 cm³/mol. The molecule has 4 rings (SSSR count). The summed E-state index contributed by atoms with van der Waals surface area (Å²) in [4.78, 5) is 0. The van der Waals surface area contributed by atoms with Crippen LogP contribution in [0, 0.1) is 46.3 Å². The molecule has 1 aromatic heterocycles. The van der Waals surface area contributed by atoms with Crippen molar-refractivity contribution in [3.8, 4) is 0 Å².